The number of methoxy groups -OCH3 is 1. The number of nitrogens with one attached hydrogen (secondary N) is 1. The summed E-state index contributed by atoms with van der Waals surface area (Å²) >= 11 is 6.14. The summed E-state index contributed by atoms with van der Waals surface area (Å²) in [6.07, 6.45) is 3.57. The molecule has 0 bridgehead atoms. The number of rotatable bonds is 8. The molecule has 5 nitrogen and oxygen atoms in total. The van der Waals surface area contributed by atoms with Crippen LogP contribution in [-0.4, -0.2) is 37.9 Å². The zero-order valence-corrected chi connectivity index (χ0v) is 12.9. The maximum absolute atomic E-state index is 11.5. The highest BCUT2D eigenvalue weighted by molar-refractivity contribution is 6.32. The van der Waals surface area contributed by atoms with Gasteiger partial charge in [0.1, 0.15) is 0 Å². The number of halogens is 1. The van der Waals surface area contributed by atoms with Crippen LogP contribution >= 0.6 is 11.6 Å². The van der Waals surface area contributed by atoms with Crippen molar-refractivity contribution < 1.29 is 19.4 Å². The molecule has 6 heteroatoms. The Morgan fingerprint density at radius 1 is 1.48 bits per heavy atom. The zero-order valence-electron chi connectivity index (χ0n) is 12.2. The number of ether oxygens (including phenoxy) is 2. The lowest BCUT2D eigenvalue weighted by molar-refractivity contribution is -0.116. The summed E-state index contributed by atoms with van der Waals surface area (Å²) in [6, 6.07) is 3.45. The molecule has 0 heterocycles. The first-order valence-corrected chi connectivity index (χ1v) is 7.07. The Morgan fingerprint density at radius 3 is 2.86 bits per heavy atom. The number of aliphatic hydroxyl groups excluding tert-OH is 1. The van der Waals surface area contributed by atoms with Gasteiger partial charge in [-0.05, 0) is 37.1 Å². The molecule has 0 aliphatic carbocycles. The number of amides is 1. The third kappa shape index (κ3) is 5.65. The SMILES string of the molecule is CCOc1c(Cl)cc(C=CC(=O)NCCCO)cc1OC. The smallest absolute Gasteiger partial charge is 0.244 e. The third-order valence-corrected chi connectivity index (χ3v) is 2.88. The van der Waals surface area contributed by atoms with E-state index in [9.17, 15) is 4.79 Å². The van der Waals surface area contributed by atoms with Gasteiger partial charge in [0, 0.05) is 19.2 Å². The predicted molar refractivity (Wildman–Crippen MR) is 82.9 cm³/mol. The average Bonchev–Trinajstić information content (AvgIpc) is 2.47. The van der Waals surface area contributed by atoms with Gasteiger partial charge in [-0.3, -0.25) is 4.79 Å². The summed E-state index contributed by atoms with van der Waals surface area (Å²) in [5, 5.41) is 11.7. The fraction of sp³-hybridized carbons (Fsp3) is 0.400. The Hall–Kier alpha value is -1.72. The normalized spacial score (nSPS) is 10.7. The summed E-state index contributed by atoms with van der Waals surface area (Å²) in [7, 11) is 1.53. The molecule has 1 aromatic carbocycles. The molecule has 116 valence electrons. The molecule has 0 saturated heterocycles. The van der Waals surface area contributed by atoms with Crippen LogP contribution in [-0.2, 0) is 4.79 Å². The number of hydrogen-bond acceptors (Lipinski definition) is 4. The van der Waals surface area contributed by atoms with E-state index in [4.69, 9.17) is 26.2 Å². The van der Waals surface area contributed by atoms with Crippen molar-refractivity contribution in [2.24, 2.45) is 0 Å². The molecule has 0 radical (unpaired) electrons. The standard InChI is InChI=1S/C15H20ClNO4/c1-3-21-15-12(16)9-11(10-13(15)20-2)5-6-14(19)17-7-4-8-18/h5-6,9-10,18H,3-4,7-8H2,1-2H3,(H,17,19). The van der Waals surface area contributed by atoms with E-state index in [0.717, 1.165) is 5.56 Å². The summed E-state index contributed by atoms with van der Waals surface area (Å²) in [4.78, 5) is 11.5. The second-order valence-corrected chi connectivity index (χ2v) is 4.58. The van der Waals surface area contributed by atoms with Crippen molar-refractivity contribution in [2.75, 3.05) is 26.9 Å². The molecule has 0 saturated carbocycles. The number of benzene rings is 1. The van der Waals surface area contributed by atoms with Crippen LogP contribution in [0.15, 0.2) is 18.2 Å². The topological polar surface area (TPSA) is 67.8 Å². The van der Waals surface area contributed by atoms with E-state index in [2.05, 4.69) is 5.32 Å². The first-order chi connectivity index (χ1) is 10.1. The molecule has 0 spiro atoms. The lowest BCUT2D eigenvalue weighted by Gasteiger charge is -2.11. The molecule has 0 fully saturated rings. The number of hydrogen-bond donors (Lipinski definition) is 2. The van der Waals surface area contributed by atoms with Gasteiger partial charge in [-0.15, -0.1) is 0 Å². The number of carbonyl (C=O) groups excluding carboxylic acids is 1. The Balaban J connectivity index is 2.79. The molecule has 21 heavy (non-hydrogen) atoms. The van der Waals surface area contributed by atoms with Gasteiger partial charge < -0.3 is 19.9 Å². The van der Waals surface area contributed by atoms with Crippen LogP contribution in [0.3, 0.4) is 0 Å². The zero-order chi connectivity index (χ0) is 15.7. The quantitative estimate of drug-likeness (QED) is 0.570. The van der Waals surface area contributed by atoms with Gasteiger partial charge >= 0.3 is 0 Å². The van der Waals surface area contributed by atoms with Crippen LogP contribution in [0, 0.1) is 0 Å². The van der Waals surface area contributed by atoms with E-state index in [-0.39, 0.29) is 12.5 Å². The Morgan fingerprint density at radius 2 is 2.24 bits per heavy atom. The van der Waals surface area contributed by atoms with E-state index in [1.165, 1.54) is 13.2 Å². The molecular weight excluding hydrogens is 294 g/mol. The van der Waals surface area contributed by atoms with Gasteiger partial charge in [0.2, 0.25) is 5.91 Å². The van der Waals surface area contributed by atoms with Crippen LogP contribution in [0.1, 0.15) is 18.9 Å². The third-order valence-electron chi connectivity index (χ3n) is 2.60. The number of aliphatic hydroxyl groups is 1. The molecule has 0 atom stereocenters. The molecule has 0 aliphatic rings. The second kappa shape index (κ2) is 9.26. The van der Waals surface area contributed by atoms with Crippen molar-refractivity contribution in [3.8, 4) is 11.5 Å². The first-order valence-electron chi connectivity index (χ1n) is 6.69. The second-order valence-electron chi connectivity index (χ2n) is 4.17. The monoisotopic (exact) mass is 313 g/mol. The van der Waals surface area contributed by atoms with E-state index in [1.54, 1.807) is 18.2 Å². The lowest BCUT2D eigenvalue weighted by Crippen LogP contribution is -2.22. The van der Waals surface area contributed by atoms with Gasteiger partial charge in [0.25, 0.3) is 0 Å². The lowest BCUT2D eigenvalue weighted by atomic mass is 10.2. The minimum atomic E-state index is -0.229. The van der Waals surface area contributed by atoms with Crippen LogP contribution in [0.5, 0.6) is 11.5 Å². The van der Waals surface area contributed by atoms with E-state index in [1.807, 2.05) is 6.92 Å². The Labute approximate surface area is 129 Å². The average molecular weight is 314 g/mol. The fourth-order valence-electron chi connectivity index (χ4n) is 1.64. The summed E-state index contributed by atoms with van der Waals surface area (Å²) < 4.78 is 10.7. The highest BCUT2D eigenvalue weighted by Gasteiger charge is 2.10. The van der Waals surface area contributed by atoms with Gasteiger partial charge in [-0.1, -0.05) is 11.6 Å². The fourth-order valence-corrected chi connectivity index (χ4v) is 1.92. The van der Waals surface area contributed by atoms with Crippen molar-refractivity contribution in [1.29, 1.82) is 0 Å². The van der Waals surface area contributed by atoms with E-state index >= 15 is 0 Å². The van der Waals surface area contributed by atoms with Crippen molar-refractivity contribution in [3.63, 3.8) is 0 Å². The molecule has 0 aromatic heterocycles. The summed E-state index contributed by atoms with van der Waals surface area (Å²) in [6.45, 7) is 2.83. The highest BCUT2D eigenvalue weighted by Crippen LogP contribution is 2.36. The molecule has 1 aromatic rings. The van der Waals surface area contributed by atoms with Crippen molar-refractivity contribution >= 4 is 23.6 Å². The van der Waals surface area contributed by atoms with Crippen LogP contribution in [0.2, 0.25) is 5.02 Å². The highest BCUT2D eigenvalue weighted by atomic mass is 35.5. The van der Waals surface area contributed by atoms with Crippen LogP contribution in [0.4, 0.5) is 0 Å². The molecule has 0 aliphatic heterocycles. The van der Waals surface area contributed by atoms with Gasteiger partial charge in [-0.25, -0.2) is 0 Å². The maximum Gasteiger partial charge on any atom is 0.244 e. The van der Waals surface area contributed by atoms with Crippen molar-refractivity contribution in [3.05, 3.63) is 28.8 Å². The van der Waals surface area contributed by atoms with Gasteiger partial charge in [0.15, 0.2) is 11.5 Å². The van der Waals surface area contributed by atoms with E-state index < -0.39 is 0 Å². The van der Waals surface area contributed by atoms with Crippen molar-refractivity contribution in [2.45, 2.75) is 13.3 Å². The molecule has 1 amide bonds. The maximum atomic E-state index is 11.5. The van der Waals surface area contributed by atoms with Gasteiger partial charge in [0.05, 0.1) is 18.7 Å². The first kappa shape index (κ1) is 17.3. The Bertz CT molecular complexity index is 503. The largest absolute Gasteiger partial charge is 0.493 e. The van der Waals surface area contributed by atoms with Crippen LogP contribution < -0.4 is 14.8 Å². The van der Waals surface area contributed by atoms with Crippen molar-refractivity contribution in [1.82, 2.24) is 5.32 Å². The number of carbonyl (C=O) groups is 1. The minimum Gasteiger partial charge on any atom is -0.493 e. The van der Waals surface area contributed by atoms with E-state index in [0.29, 0.717) is 36.1 Å². The molecule has 1 rings (SSSR count). The molecular formula is C15H20ClNO4. The summed E-state index contributed by atoms with van der Waals surface area (Å²) in [5.41, 5.74) is 0.734. The van der Waals surface area contributed by atoms with Gasteiger partial charge in [-0.2, -0.15) is 0 Å². The molecule has 0 unspecified atom stereocenters. The predicted octanol–water partition coefficient (Wildman–Crippen LogP) is 2.26. The minimum absolute atomic E-state index is 0.0513. The Kier molecular flexibility index (Phi) is 7.64. The summed E-state index contributed by atoms with van der Waals surface area (Å²) in [5.74, 6) is 0.781. The molecule has 2 N–H and O–H groups in total. The van der Waals surface area contributed by atoms with Crippen LogP contribution in [0.25, 0.3) is 6.08 Å².